The Bertz CT molecular complexity index is 1290. The van der Waals surface area contributed by atoms with Gasteiger partial charge in [-0.3, -0.25) is 14.2 Å². The third kappa shape index (κ3) is 3.33. The van der Waals surface area contributed by atoms with Crippen LogP contribution in [0.5, 0.6) is 0 Å². The zero-order chi connectivity index (χ0) is 22.6. The van der Waals surface area contributed by atoms with E-state index in [2.05, 4.69) is 46.5 Å². The second-order valence-electron chi connectivity index (χ2n) is 9.37. The van der Waals surface area contributed by atoms with Crippen LogP contribution >= 0.6 is 11.6 Å². The second kappa shape index (κ2) is 7.71. The minimum Gasteiger partial charge on any atom is -0.481 e. The van der Waals surface area contributed by atoms with Crippen LogP contribution in [0.25, 0.3) is 16.6 Å². The van der Waals surface area contributed by atoms with Gasteiger partial charge in [-0.15, -0.1) is 0 Å². The minimum absolute atomic E-state index is 0.191. The minimum atomic E-state index is -0.744. The number of halogens is 1. The molecular formula is C25H26ClN3O3. The number of piperidine rings is 1. The number of nitrogens with zero attached hydrogens (tertiary/aromatic N) is 3. The molecule has 0 bridgehead atoms. The maximum atomic E-state index is 12.8. The number of benzene rings is 2. The molecular weight excluding hydrogens is 426 g/mol. The van der Waals surface area contributed by atoms with E-state index in [1.807, 2.05) is 12.1 Å². The Labute approximate surface area is 191 Å². The van der Waals surface area contributed by atoms with Gasteiger partial charge in [-0.2, -0.15) is 4.98 Å². The highest BCUT2D eigenvalue weighted by molar-refractivity contribution is 6.35. The molecule has 1 saturated heterocycles. The van der Waals surface area contributed by atoms with Crippen LogP contribution in [0.4, 0.5) is 0 Å². The number of hydrogen-bond acceptors (Lipinski definition) is 4. The lowest BCUT2D eigenvalue weighted by Gasteiger charge is -2.32. The molecule has 6 nitrogen and oxygen atoms in total. The maximum Gasteiger partial charge on any atom is 0.304 e. The maximum absolute atomic E-state index is 12.8. The van der Waals surface area contributed by atoms with E-state index in [1.54, 1.807) is 6.07 Å². The number of carbonyl (C=O) groups is 1. The predicted octanol–water partition coefficient (Wildman–Crippen LogP) is 4.33. The number of aliphatic carboxylic acids is 1. The van der Waals surface area contributed by atoms with Crippen molar-refractivity contribution in [1.82, 2.24) is 14.5 Å². The fourth-order valence-electron chi connectivity index (χ4n) is 5.27. The second-order valence-corrected chi connectivity index (χ2v) is 9.78. The molecule has 0 radical (unpaired) electrons. The summed E-state index contributed by atoms with van der Waals surface area (Å²) in [6, 6.07) is 12.2. The molecule has 1 fully saturated rings. The van der Waals surface area contributed by atoms with Gasteiger partial charge >= 0.3 is 5.97 Å². The van der Waals surface area contributed by atoms with E-state index in [-0.39, 0.29) is 17.4 Å². The third-order valence-corrected chi connectivity index (χ3v) is 7.38. The van der Waals surface area contributed by atoms with E-state index in [0.717, 1.165) is 48.5 Å². The van der Waals surface area contributed by atoms with E-state index in [9.17, 15) is 9.59 Å². The van der Waals surface area contributed by atoms with Crippen LogP contribution in [-0.4, -0.2) is 45.2 Å². The Hall–Kier alpha value is -2.70. The van der Waals surface area contributed by atoms with Gasteiger partial charge in [0.1, 0.15) is 5.82 Å². The van der Waals surface area contributed by atoms with E-state index in [4.69, 9.17) is 16.7 Å². The molecule has 7 heteroatoms. The lowest BCUT2D eigenvalue weighted by Crippen LogP contribution is -2.34. The van der Waals surface area contributed by atoms with Gasteiger partial charge < -0.3 is 10.0 Å². The zero-order valence-corrected chi connectivity index (χ0v) is 19.0. The molecule has 0 amide bonds. The van der Waals surface area contributed by atoms with E-state index in [0.29, 0.717) is 22.9 Å². The summed E-state index contributed by atoms with van der Waals surface area (Å²) in [5.41, 5.74) is 3.62. The number of rotatable bonds is 4. The highest BCUT2D eigenvalue weighted by Gasteiger charge is 2.39. The zero-order valence-electron chi connectivity index (χ0n) is 18.3. The Morgan fingerprint density at radius 3 is 2.69 bits per heavy atom. The average Bonchev–Trinajstić information content (AvgIpc) is 2.99. The summed E-state index contributed by atoms with van der Waals surface area (Å²) < 4.78 is 2.10. The lowest BCUT2D eigenvalue weighted by atomic mass is 9.83. The number of likely N-dealkylation sites (tertiary alicyclic amines) is 1. The fourth-order valence-corrected chi connectivity index (χ4v) is 5.52. The first-order chi connectivity index (χ1) is 15.3. The number of carboxylic acids is 1. The van der Waals surface area contributed by atoms with Gasteiger partial charge in [0.15, 0.2) is 0 Å². The largest absolute Gasteiger partial charge is 0.481 e. The van der Waals surface area contributed by atoms with Gasteiger partial charge in [-0.25, -0.2) is 0 Å². The summed E-state index contributed by atoms with van der Waals surface area (Å²) in [6.45, 7) is 6.63. The highest BCUT2D eigenvalue weighted by atomic mass is 35.5. The number of fused-ring (bicyclic) bond motifs is 5. The summed E-state index contributed by atoms with van der Waals surface area (Å²) in [4.78, 5) is 30.4. The van der Waals surface area contributed by atoms with Crippen LogP contribution in [0, 0.1) is 0 Å². The van der Waals surface area contributed by atoms with E-state index >= 15 is 0 Å². The molecule has 32 heavy (non-hydrogen) atoms. The molecule has 0 spiro atoms. The molecule has 1 aromatic heterocycles. The summed E-state index contributed by atoms with van der Waals surface area (Å²) in [6.07, 6.45) is 2.20. The van der Waals surface area contributed by atoms with Crippen LogP contribution in [0.15, 0.2) is 41.2 Å². The Morgan fingerprint density at radius 2 is 1.97 bits per heavy atom. The third-order valence-electron chi connectivity index (χ3n) is 7.06. The summed E-state index contributed by atoms with van der Waals surface area (Å²) >= 11 is 6.38. The lowest BCUT2D eigenvalue weighted by molar-refractivity contribution is -0.137. The quantitative estimate of drug-likeness (QED) is 0.638. The average molecular weight is 452 g/mol. The van der Waals surface area contributed by atoms with Crippen molar-refractivity contribution in [3.8, 4) is 5.69 Å². The summed E-state index contributed by atoms with van der Waals surface area (Å²) in [5, 5.41) is 9.81. The molecule has 1 N–H and O–H groups in total. The Morgan fingerprint density at radius 1 is 1.22 bits per heavy atom. The number of aromatic nitrogens is 2. The van der Waals surface area contributed by atoms with Crippen LogP contribution in [0.1, 0.15) is 56.0 Å². The van der Waals surface area contributed by atoms with Gasteiger partial charge in [0, 0.05) is 6.54 Å². The molecule has 0 unspecified atom stereocenters. The monoisotopic (exact) mass is 451 g/mol. The van der Waals surface area contributed by atoms with Crippen molar-refractivity contribution in [2.24, 2.45) is 0 Å². The van der Waals surface area contributed by atoms with E-state index in [1.165, 1.54) is 5.56 Å². The molecule has 5 rings (SSSR count). The van der Waals surface area contributed by atoms with Crippen molar-refractivity contribution >= 4 is 28.5 Å². The van der Waals surface area contributed by atoms with Crippen molar-refractivity contribution in [2.75, 3.05) is 19.6 Å². The first kappa shape index (κ1) is 21.2. The van der Waals surface area contributed by atoms with Crippen LogP contribution in [0.2, 0.25) is 5.02 Å². The number of carboxylic acid groups (broad SMARTS) is 1. The van der Waals surface area contributed by atoms with Crippen LogP contribution in [-0.2, 0) is 10.2 Å². The Balaban J connectivity index is 1.54. The predicted molar refractivity (Wildman–Crippen MR) is 125 cm³/mol. The fraction of sp³-hybridized carbons (Fsp3) is 0.400. The van der Waals surface area contributed by atoms with Gasteiger partial charge in [0.25, 0.3) is 5.56 Å². The molecule has 2 aromatic carbocycles. The molecule has 2 aliphatic heterocycles. The first-order valence-corrected chi connectivity index (χ1v) is 11.5. The van der Waals surface area contributed by atoms with Crippen molar-refractivity contribution in [3.05, 3.63) is 68.7 Å². The molecule has 0 atom stereocenters. The molecule has 166 valence electrons. The summed E-state index contributed by atoms with van der Waals surface area (Å²) in [7, 11) is 0. The van der Waals surface area contributed by atoms with Crippen LogP contribution < -0.4 is 5.56 Å². The van der Waals surface area contributed by atoms with Crippen molar-refractivity contribution in [1.29, 1.82) is 0 Å². The molecule has 0 aliphatic carbocycles. The van der Waals surface area contributed by atoms with Crippen molar-refractivity contribution in [2.45, 2.75) is 44.4 Å². The Kier molecular flexibility index (Phi) is 5.10. The number of hydrogen-bond donors (Lipinski definition) is 1. The highest BCUT2D eigenvalue weighted by Crippen LogP contribution is 2.44. The van der Waals surface area contributed by atoms with Gasteiger partial charge in [0.2, 0.25) is 0 Å². The summed E-state index contributed by atoms with van der Waals surface area (Å²) in [5.74, 6) is 0.426. The van der Waals surface area contributed by atoms with Crippen molar-refractivity contribution < 1.29 is 9.90 Å². The molecule has 0 saturated carbocycles. The van der Waals surface area contributed by atoms with E-state index < -0.39 is 5.97 Å². The standard InChI is InChI=1S/C25H26ClN3O3/c1-25(2)17-7-6-16(15-8-11-28(12-9-15)13-10-21(30)31)14-20(17)29-19-5-3-4-18(26)22(19)23(32)27-24(25)29/h3-7,14-15H,8-13H2,1-2H3,(H,30,31). The molecule has 3 heterocycles. The van der Waals surface area contributed by atoms with Gasteiger partial charge in [-0.05, 0) is 75.0 Å². The first-order valence-electron chi connectivity index (χ1n) is 11.1. The van der Waals surface area contributed by atoms with Crippen molar-refractivity contribution in [3.63, 3.8) is 0 Å². The smallest absolute Gasteiger partial charge is 0.304 e. The normalized spacial score (nSPS) is 18.0. The molecule has 3 aromatic rings. The van der Waals surface area contributed by atoms with Crippen LogP contribution in [0.3, 0.4) is 0 Å². The topological polar surface area (TPSA) is 75.4 Å². The van der Waals surface area contributed by atoms with Gasteiger partial charge in [0.05, 0.1) is 33.4 Å². The molecule has 2 aliphatic rings. The SMILES string of the molecule is CC1(C)c2ccc(C3CCN(CCC(=O)O)CC3)cc2-n2c1nc(=O)c1c(Cl)cccc12. The van der Waals surface area contributed by atoms with Gasteiger partial charge in [-0.1, -0.05) is 29.8 Å².